The molecule has 3 aromatic carbocycles. The highest BCUT2D eigenvalue weighted by Crippen LogP contribution is 2.25. The molecule has 0 fully saturated rings. The van der Waals surface area contributed by atoms with Crippen LogP contribution in [0.2, 0.25) is 0 Å². The minimum atomic E-state index is -0.432. The van der Waals surface area contributed by atoms with Crippen molar-refractivity contribution in [3.8, 4) is 11.4 Å². The molecule has 0 aliphatic rings. The van der Waals surface area contributed by atoms with Gasteiger partial charge in [0.1, 0.15) is 0 Å². The van der Waals surface area contributed by atoms with Gasteiger partial charge in [-0.3, -0.25) is 15.5 Å². The maximum Gasteiger partial charge on any atom is 0.269 e. The molecule has 0 atom stereocenters. The Bertz CT molecular complexity index is 1200. The van der Waals surface area contributed by atoms with Crippen molar-refractivity contribution < 1.29 is 4.92 Å². The van der Waals surface area contributed by atoms with Crippen LogP contribution in [0, 0.1) is 17.0 Å². The molecule has 1 heterocycles. The van der Waals surface area contributed by atoms with Gasteiger partial charge in [0.05, 0.1) is 16.7 Å². The van der Waals surface area contributed by atoms with E-state index in [2.05, 4.69) is 20.5 Å². The fraction of sp³-hybridized carbons (Fsp3) is 0.0455. The van der Waals surface area contributed by atoms with E-state index in [0.29, 0.717) is 11.6 Å². The van der Waals surface area contributed by atoms with Crippen LogP contribution in [-0.2, 0) is 0 Å². The van der Waals surface area contributed by atoms with Gasteiger partial charge in [-0.15, -0.1) is 0 Å². The van der Waals surface area contributed by atoms with Crippen LogP contribution in [0.15, 0.2) is 77.9 Å². The summed E-state index contributed by atoms with van der Waals surface area (Å²) < 4.78 is 0. The largest absolute Gasteiger partial charge is 0.269 e. The Labute approximate surface area is 166 Å². The highest BCUT2D eigenvalue weighted by molar-refractivity contribution is 5.91. The normalized spacial score (nSPS) is 11.1. The molecule has 0 unspecified atom stereocenters. The summed E-state index contributed by atoms with van der Waals surface area (Å²) in [5, 5.41) is 15.9. The number of aromatic nitrogens is 2. The van der Waals surface area contributed by atoms with E-state index in [1.165, 1.54) is 17.7 Å². The second-order valence-corrected chi connectivity index (χ2v) is 6.50. The average Bonchev–Trinajstić information content (AvgIpc) is 2.74. The lowest BCUT2D eigenvalue weighted by Gasteiger charge is -2.08. The van der Waals surface area contributed by atoms with Crippen LogP contribution in [-0.4, -0.2) is 21.1 Å². The van der Waals surface area contributed by atoms with E-state index in [4.69, 9.17) is 0 Å². The monoisotopic (exact) mass is 383 g/mol. The number of benzene rings is 3. The zero-order valence-corrected chi connectivity index (χ0v) is 15.6. The number of hydrogen-bond donors (Lipinski definition) is 1. The zero-order chi connectivity index (χ0) is 20.2. The molecule has 142 valence electrons. The van der Waals surface area contributed by atoms with Crippen molar-refractivity contribution in [2.24, 2.45) is 5.10 Å². The molecule has 1 aromatic heterocycles. The van der Waals surface area contributed by atoms with Crippen molar-refractivity contribution >= 4 is 28.6 Å². The molecule has 7 heteroatoms. The number of aryl methyl sites for hydroxylation is 1. The first kappa shape index (κ1) is 18.2. The maximum absolute atomic E-state index is 10.7. The van der Waals surface area contributed by atoms with Crippen LogP contribution < -0.4 is 5.43 Å². The van der Waals surface area contributed by atoms with Crippen molar-refractivity contribution in [3.05, 3.63) is 94.0 Å². The van der Waals surface area contributed by atoms with E-state index in [9.17, 15) is 10.1 Å². The number of rotatable bonds is 5. The first-order valence-electron chi connectivity index (χ1n) is 8.97. The van der Waals surface area contributed by atoms with Crippen LogP contribution in [0.1, 0.15) is 11.1 Å². The number of hydrogen-bond acceptors (Lipinski definition) is 6. The van der Waals surface area contributed by atoms with Gasteiger partial charge in [0, 0.05) is 23.1 Å². The third-order valence-corrected chi connectivity index (χ3v) is 4.40. The number of nitro groups is 1. The van der Waals surface area contributed by atoms with Gasteiger partial charge in [-0.1, -0.05) is 42.0 Å². The second kappa shape index (κ2) is 7.85. The van der Waals surface area contributed by atoms with Gasteiger partial charge in [-0.05, 0) is 36.8 Å². The van der Waals surface area contributed by atoms with Gasteiger partial charge >= 0.3 is 0 Å². The Kier molecular flexibility index (Phi) is 4.94. The van der Waals surface area contributed by atoms with Gasteiger partial charge in [-0.2, -0.15) is 5.10 Å². The van der Waals surface area contributed by atoms with Crippen molar-refractivity contribution in [2.45, 2.75) is 6.92 Å². The molecule has 0 bridgehead atoms. The third kappa shape index (κ3) is 4.08. The summed E-state index contributed by atoms with van der Waals surface area (Å²) >= 11 is 0. The molecular weight excluding hydrogens is 366 g/mol. The fourth-order valence-corrected chi connectivity index (χ4v) is 2.84. The SMILES string of the molecule is Cc1ccc(-c2nc(N/N=C/c3ccc([N+](=O)[O-])cc3)c3ccccc3n2)cc1. The van der Waals surface area contributed by atoms with E-state index >= 15 is 0 Å². The summed E-state index contributed by atoms with van der Waals surface area (Å²) in [6, 6.07) is 21.9. The van der Waals surface area contributed by atoms with E-state index in [-0.39, 0.29) is 5.69 Å². The molecule has 0 spiro atoms. The topological polar surface area (TPSA) is 93.3 Å². The van der Waals surface area contributed by atoms with Crippen LogP contribution >= 0.6 is 0 Å². The van der Waals surface area contributed by atoms with E-state index in [1.807, 2.05) is 55.5 Å². The Morgan fingerprint density at radius 3 is 2.41 bits per heavy atom. The molecule has 0 amide bonds. The van der Waals surface area contributed by atoms with Crippen LogP contribution in [0.25, 0.3) is 22.3 Å². The Hall–Kier alpha value is -4.13. The molecule has 4 rings (SSSR count). The number of non-ortho nitro benzene ring substituents is 1. The molecule has 0 radical (unpaired) electrons. The number of anilines is 1. The van der Waals surface area contributed by atoms with Crippen molar-refractivity contribution in [1.29, 1.82) is 0 Å². The molecule has 4 aromatic rings. The molecule has 0 saturated carbocycles. The smallest absolute Gasteiger partial charge is 0.261 e. The Morgan fingerprint density at radius 1 is 0.966 bits per heavy atom. The lowest BCUT2D eigenvalue weighted by molar-refractivity contribution is -0.384. The molecule has 0 aliphatic heterocycles. The number of nitro benzene ring substituents is 1. The Balaban J connectivity index is 1.65. The number of hydrazone groups is 1. The molecule has 29 heavy (non-hydrogen) atoms. The summed E-state index contributed by atoms with van der Waals surface area (Å²) in [7, 11) is 0. The van der Waals surface area contributed by atoms with Crippen molar-refractivity contribution in [3.63, 3.8) is 0 Å². The van der Waals surface area contributed by atoms with Gasteiger partial charge in [0.2, 0.25) is 0 Å². The van der Waals surface area contributed by atoms with E-state index in [0.717, 1.165) is 22.0 Å². The minimum absolute atomic E-state index is 0.0413. The molecule has 0 saturated heterocycles. The minimum Gasteiger partial charge on any atom is -0.261 e. The van der Waals surface area contributed by atoms with Crippen LogP contribution in [0.5, 0.6) is 0 Å². The van der Waals surface area contributed by atoms with Crippen LogP contribution in [0.4, 0.5) is 11.5 Å². The van der Waals surface area contributed by atoms with Gasteiger partial charge in [-0.25, -0.2) is 9.97 Å². The average molecular weight is 383 g/mol. The summed E-state index contributed by atoms with van der Waals surface area (Å²) in [5.74, 6) is 1.20. The molecular formula is C22H17N5O2. The standard InChI is InChI=1S/C22H17N5O2/c1-15-6-10-17(11-7-15)21-24-20-5-3-2-4-19(20)22(25-21)26-23-14-16-8-12-18(13-9-16)27(28)29/h2-14H,1H3,(H,24,25,26)/b23-14+. The highest BCUT2D eigenvalue weighted by Gasteiger charge is 2.09. The predicted molar refractivity (Wildman–Crippen MR) is 114 cm³/mol. The predicted octanol–water partition coefficient (Wildman–Crippen LogP) is 4.96. The first-order chi connectivity index (χ1) is 14.1. The summed E-state index contributed by atoms with van der Waals surface area (Å²) in [4.78, 5) is 19.6. The number of fused-ring (bicyclic) bond motifs is 1. The first-order valence-corrected chi connectivity index (χ1v) is 8.97. The number of nitrogens with one attached hydrogen (secondary N) is 1. The van der Waals surface area contributed by atoms with Crippen molar-refractivity contribution in [1.82, 2.24) is 9.97 Å². The van der Waals surface area contributed by atoms with E-state index < -0.39 is 4.92 Å². The lowest BCUT2D eigenvalue weighted by atomic mass is 10.1. The summed E-state index contributed by atoms with van der Waals surface area (Å²) in [5.41, 5.74) is 6.66. The van der Waals surface area contributed by atoms with Gasteiger partial charge in [0.25, 0.3) is 5.69 Å². The molecule has 1 N–H and O–H groups in total. The van der Waals surface area contributed by atoms with Gasteiger partial charge in [0.15, 0.2) is 11.6 Å². The molecule has 7 nitrogen and oxygen atoms in total. The van der Waals surface area contributed by atoms with Crippen LogP contribution in [0.3, 0.4) is 0 Å². The van der Waals surface area contributed by atoms with Crippen molar-refractivity contribution in [2.75, 3.05) is 5.43 Å². The summed E-state index contributed by atoms with van der Waals surface area (Å²) in [6.45, 7) is 2.03. The zero-order valence-electron chi connectivity index (χ0n) is 15.6. The number of nitrogens with zero attached hydrogens (tertiary/aromatic N) is 4. The third-order valence-electron chi connectivity index (χ3n) is 4.40. The summed E-state index contributed by atoms with van der Waals surface area (Å²) in [6.07, 6.45) is 1.59. The van der Waals surface area contributed by atoms with E-state index in [1.54, 1.807) is 18.3 Å². The fourth-order valence-electron chi connectivity index (χ4n) is 2.84. The molecule has 0 aliphatic carbocycles. The Morgan fingerprint density at radius 2 is 1.69 bits per heavy atom. The quantitative estimate of drug-likeness (QED) is 0.299. The number of para-hydroxylation sites is 1. The second-order valence-electron chi connectivity index (χ2n) is 6.50. The highest BCUT2D eigenvalue weighted by atomic mass is 16.6. The van der Waals surface area contributed by atoms with Gasteiger partial charge < -0.3 is 0 Å². The lowest BCUT2D eigenvalue weighted by Crippen LogP contribution is -1.99. The maximum atomic E-state index is 10.7.